The number of rotatable bonds is 3. The average molecular weight is 271 g/mol. The number of methoxy groups -OCH3 is 1. The van der Waals surface area contributed by atoms with Gasteiger partial charge in [0.1, 0.15) is 11.4 Å². The number of aromatic nitrogens is 1. The molecule has 100 valence electrons. The molecule has 0 unspecified atom stereocenters. The maximum Gasteiger partial charge on any atom is 0.274 e. The zero-order chi connectivity index (χ0) is 14.5. The van der Waals surface area contributed by atoms with Crippen molar-refractivity contribution in [2.45, 2.75) is 0 Å². The van der Waals surface area contributed by atoms with E-state index in [9.17, 15) is 9.18 Å². The SMILES string of the molecule is COc1cc(C#N)ccc1NC(=O)c1cccc(F)n1. The summed E-state index contributed by atoms with van der Waals surface area (Å²) in [6.07, 6.45) is 0. The number of anilines is 1. The van der Waals surface area contributed by atoms with Crippen LogP contribution >= 0.6 is 0 Å². The van der Waals surface area contributed by atoms with Gasteiger partial charge in [-0.1, -0.05) is 6.07 Å². The lowest BCUT2D eigenvalue weighted by Crippen LogP contribution is -2.14. The highest BCUT2D eigenvalue weighted by molar-refractivity contribution is 6.03. The van der Waals surface area contributed by atoms with E-state index in [1.54, 1.807) is 0 Å². The van der Waals surface area contributed by atoms with Gasteiger partial charge in [-0.05, 0) is 24.3 Å². The number of nitriles is 1. The van der Waals surface area contributed by atoms with Crippen molar-refractivity contribution in [2.75, 3.05) is 12.4 Å². The first-order chi connectivity index (χ1) is 9.63. The van der Waals surface area contributed by atoms with Crippen LogP contribution in [0.15, 0.2) is 36.4 Å². The Balaban J connectivity index is 2.26. The molecular formula is C14H10FN3O2. The van der Waals surface area contributed by atoms with E-state index in [4.69, 9.17) is 10.00 Å². The molecule has 0 aliphatic rings. The van der Waals surface area contributed by atoms with Crippen LogP contribution in [0.5, 0.6) is 5.75 Å². The van der Waals surface area contributed by atoms with Crippen LogP contribution in [-0.4, -0.2) is 18.0 Å². The van der Waals surface area contributed by atoms with Gasteiger partial charge in [0.05, 0.1) is 24.4 Å². The Morgan fingerprint density at radius 3 is 2.85 bits per heavy atom. The summed E-state index contributed by atoms with van der Waals surface area (Å²) in [7, 11) is 1.42. The Morgan fingerprint density at radius 2 is 2.20 bits per heavy atom. The van der Waals surface area contributed by atoms with Crippen molar-refractivity contribution in [2.24, 2.45) is 0 Å². The summed E-state index contributed by atoms with van der Waals surface area (Å²) in [5.74, 6) is -0.953. The first kappa shape index (κ1) is 13.5. The first-order valence-corrected chi connectivity index (χ1v) is 5.66. The van der Waals surface area contributed by atoms with Crippen molar-refractivity contribution in [3.8, 4) is 11.8 Å². The number of carbonyl (C=O) groups is 1. The quantitative estimate of drug-likeness (QED) is 0.869. The Labute approximate surface area is 114 Å². The summed E-state index contributed by atoms with van der Waals surface area (Å²) in [4.78, 5) is 15.4. The number of hydrogen-bond acceptors (Lipinski definition) is 4. The number of hydrogen-bond donors (Lipinski definition) is 1. The van der Waals surface area contributed by atoms with Gasteiger partial charge in [-0.25, -0.2) is 4.98 Å². The maximum atomic E-state index is 13.0. The molecular weight excluding hydrogens is 261 g/mol. The van der Waals surface area contributed by atoms with Crippen molar-refractivity contribution in [1.82, 2.24) is 4.98 Å². The lowest BCUT2D eigenvalue weighted by molar-refractivity contribution is 0.102. The summed E-state index contributed by atoms with van der Waals surface area (Å²) in [6.45, 7) is 0. The predicted molar refractivity (Wildman–Crippen MR) is 69.9 cm³/mol. The number of nitrogens with zero attached hydrogens (tertiary/aromatic N) is 2. The molecule has 0 saturated heterocycles. The standard InChI is InChI=1S/C14H10FN3O2/c1-20-12-7-9(8-16)5-6-10(12)18-14(19)11-3-2-4-13(15)17-11/h2-7H,1H3,(H,18,19). The van der Waals surface area contributed by atoms with E-state index in [1.165, 1.54) is 37.4 Å². The van der Waals surface area contributed by atoms with Gasteiger partial charge in [0.25, 0.3) is 5.91 Å². The van der Waals surface area contributed by atoms with Crippen LogP contribution in [0.3, 0.4) is 0 Å². The smallest absolute Gasteiger partial charge is 0.274 e. The van der Waals surface area contributed by atoms with E-state index < -0.39 is 11.9 Å². The molecule has 0 atom stereocenters. The Bertz CT molecular complexity index is 695. The van der Waals surface area contributed by atoms with E-state index in [0.717, 1.165) is 6.07 Å². The van der Waals surface area contributed by atoms with Crippen molar-refractivity contribution >= 4 is 11.6 Å². The molecule has 1 aromatic heterocycles. The molecule has 0 aliphatic carbocycles. The lowest BCUT2D eigenvalue weighted by atomic mass is 10.2. The van der Waals surface area contributed by atoms with E-state index >= 15 is 0 Å². The van der Waals surface area contributed by atoms with Gasteiger partial charge in [0.15, 0.2) is 0 Å². The number of carbonyl (C=O) groups excluding carboxylic acids is 1. The monoisotopic (exact) mass is 271 g/mol. The Morgan fingerprint density at radius 1 is 1.40 bits per heavy atom. The normalized spacial score (nSPS) is 9.65. The van der Waals surface area contributed by atoms with Crippen LogP contribution in [0.2, 0.25) is 0 Å². The summed E-state index contributed by atoms with van der Waals surface area (Å²) in [6, 6.07) is 10.5. The van der Waals surface area contributed by atoms with E-state index in [-0.39, 0.29) is 5.69 Å². The second-order valence-corrected chi connectivity index (χ2v) is 3.83. The molecule has 1 aromatic carbocycles. The molecule has 1 N–H and O–H groups in total. The van der Waals surface area contributed by atoms with Crippen LogP contribution in [0.4, 0.5) is 10.1 Å². The summed E-state index contributed by atoms with van der Waals surface area (Å²) in [5.41, 5.74) is 0.739. The fraction of sp³-hybridized carbons (Fsp3) is 0.0714. The molecule has 0 spiro atoms. The maximum absolute atomic E-state index is 13.0. The highest BCUT2D eigenvalue weighted by atomic mass is 19.1. The van der Waals surface area contributed by atoms with Crippen molar-refractivity contribution in [1.29, 1.82) is 5.26 Å². The fourth-order valence-electron chi connectivity index (χ4n) is 1.59. The largest absolute Gasteiger partial charge is 0.495 e. The third-order valence-electron chi connectivity index (χ3n) is 2.53. The third kappa shape index (κ3) is 2.90. The molecule has 6 heteroatoms. The van der Waals surface area contributed by atoms with E-state index in [1.807, 2.05) is 6.07 Å². The highest BCUT2D eigenvalue weighted by Gasteiger charge is 2.12. The molecule has 5 nitrogen and oxygen atoms in total. The van der Waals surface area contributed by atoms with Gasteiger partial charge >= 0.3 is 0 Å². The topological polar surface area (TPSA) is 75.0 Å². The zero-order valence-electron chi connectivity index (χ0n) is 10.6. The van der Waals surface area contributed by atoms with Crippen molar-refractivity contribution in [3.63, 3.8) is 0 Å². The third-order valence-corrected chi connectivity index (χ3v) is 2.53. The van der Waals surface area contributed by atoms with Gasteiger partial charge in [-0.15, -0.1) is 0 Å². The average Bonchev–Trinajstić information content (AvgIpc) is 2.47. The second kappa shape index (κ2) is 5.80. The first-order valence-electron chi connectivity index (χ1n) is 5.66. The van der Waals surface area contributed by atoms with Crippen LogP contribution in [0.25, 0.3) is 0 Å². The zero-order valence-corrected chi connectivity index (χ0v) is 10.6. The lowest BCUT2D eigenvalue weighted by Gasteiger charge is -2.10. The van der Waals surface area contributed by atoms with Gasteiger partial charge in [0.2, 0.25) is 5.95 Å². The van der Waals surface area contributed by atoms with Crippen LogP contribution < -0.4 is 10.1 Å². The predicted octanol–water partition coefficient (Wildman–Crippen LogP) is 2.35. The van der Waals surface area contributed by atoms with E-state index in [0.29, 0.717) is 17.0 Å². The van der Waals surface area contributed by atoms with Crippen molar-refractivity contribution in [3.05, 3.63) is 53.6 Å². The van der Waals surface area contributed by atoms with Crippen LogP contribution in [-0.2, 0) is 0 Å². The highest BCUT2D eigenvalue weighted by Crippen LogP contribution is 2.25. The number of nitrogens with one attached hydrogen (secondary N) is 1. The molecule has 2 aromatic rings. The minimum absolute atomic E-state index is 0.0450. The molecule has 20 heavy (non-hydrogen) atoms. The molecule has 1 amide bonds. The van der Waals surface area contributed by atoms with Crippen LogP contribution in [0.1, 0.15) is 16.1 Å². The number of pyridine rings is 1. The number of benzene rings is 1. The van der Waals surface area contributed by atoms with Gasteiger partial charge in [-0.2, -0.15) is 9.65 Å². The Hall–Kier alpha value is -2.94. The molecule has 0 fully saturated rings. The minimum Gasteiger partial charge on any atom is -0.495 e. The summed E-state index contributed by atoms with van der Waals surface area (Å²) >= 11 is 0. The second-order valence-electron chi connectivity index (χ2n) is 3.83. The van der Waals surface area contributed by atoms with Crippen molar-refractivity contribution < 1.29 is 13.9 Å². The number of amides is 1. The van der Waals surface area contributed by atoms with Gasteiger partial charge in [-0.3, -0.25) is 4.79 Å². The summed E-state index contributed by atoms with van der Waals surface area (Å²) < 4.78 is 18.0. The van der Waals surface area contributed by atoms with E-state index in [2.05, 4.69) is 10.3 Å². The van der Waals surface area contributed by atoms with Crippen LogP contribution in [0, 0.1) is 17.3 Å². The van der Waals surface area contributed by atoms with Gasteiger partial charge < -0.3 is 10.1 Å². The fourth-order valence-corrected chi connectivity index (χ4v) is 1.59. The molecule has 0 aliphatic heterocycles. The molecule has 1 heterocycles. The molecule has 0 saturated carbocycles. The molecule has 2 rings (SSSR count). The Kier molecular flexibility index (Phi) is 3.91. The van der Waals surface area contributed by atoms with Gasteiger partial charge in [0, 0.05) is 6.07 Å². The summed E-state index contributed by atoms with van der Waals surface area (Å²) in [5, 5.41) is 11.3. The molecule has 0 bridgehead atoms. The number of ether oxygens (including phenoxy) is 1. The number of halogens is 1. The minimum atomic E-state index is -0.732. The molecule has 0 radical (unpaired) electrons.